The molecular weight excluding hydrogens is 718 g/mol. The van der Waals surface area contributed by atoms with Crippen LogP contribution in [0.5, 0.6) is 11.6 Å². The van der Waals surface area contributed by atoms with Crippen LogP contribution in [-0.4, -0.2) is 138 Å². The second-order valence-corrected chi connectivity index (χ2v) is 13.6. The van der Waals surface area contributed by atoms with E-state index >= 15 is 0 Å². The van der Waals surface area contributed by atoms with Crippen LogP contribution in [0.4, 0.5) is 11.6 Å². The van der Waals surface area contributed by atoms with Gasteiger partial charge < -0.3 is 38.5 Å². The third kappa shape index (κ3) is 12.1. The number of methoxy groups -OCH3 is 1. The van der Waals surface area contributed by atoms with E-state index in [-0.39, 0.29) is 12.1 Å². The van der Waals surface area contributed by atoms with Crippen LogP contribution in [0.15, 0.2) is 49.4 Å². The lowest BCUT2D eigenvalue weighted by molar-refractivity contribution is -0.0000652. The Morgan fingerprint density at radius 2 is 1.57 bits per heavy atom. The number of rotatable bonds is 22. The minimum atomic E-state index is -0.179. The van der Waals surface area contributed by atoms with E-state index in [0.29, 0.717) is 93.7 Å². The van der Waals surface area contributed by atoms with E-state index in [9.17, 15) is 0 Å². The molecule has 1 saturated heterocycles. The molecule has 16 nitrogen and oxygen atoms in total. The van der Waals surface area contributed by atoms with E-state index in [1.165, 1.54) is 6.33 Å². The fourth-order valence-electron chi connectivity index (χ4n) is 6.55. The summed E-state index contributed by atoms with van der Waals surface area (Å²) in [7, 11) is 1.65. The summed E-state index contributed by atoms with van der Waals surface area (Å²) >= 11 is 6.49. The molecule has 1 N–H and O–H groups in total. The average molecular weight is 770 g/mol. The molecule has 3 aromatic heterocycles. The van der Waals surface area contributed by atoms with Crippen LogP contribution in [0.3, 0.4) is 0 Å². The molecule has 6 rings (SSSR count). The highest BCUT2D eigenvalue weighted by Gasteiger charge is 2.29. The quantitative estimate of drug-likeness (QED) is 0.110. The summed E-state index contributed by atoms with van der Waals surface area (Å²) in [6.07, 6.45) is 12.8. The number of nitrogens with one attached hydrogen (secondary N) is 1. The van der Waals surface area contributed by atoms with Crippen molar-refractivity contribution in [3.8, 4) is 22.8 Å². The zero-order valence-electron chi connectivity index (χ0n) is 31.2. The van der Waals surface area contributed by atoms with Gasteiger partial charge in [0.15, 0.2) is 0 Å². The van der Waals surface area contributed by atoms with Crippen molar-refractivity contribution in [1.29, 1.82) is 0 Å². The minimum Gasteiger partial charge on any atom is -0.487 e. The molecule has 0 bridgehead atoms. The first kappa shape index (κ1) is 39.8. The van der Waals surface area contributed by atoms with Crippen molar-refractivity contribution in [1.82, 2.24) is 39.4 Å². The van der Waals surface area contributed by atoms with E-state index in [0.717, 1.165) is 63.1 Å². The van der Waals surface area contributed by atoms with Gasteiger partial charge in [-0.05, 0) is 50.3 Å². The minimum absolute atomic E-state index is 0.179. The number of ether oxygens (including phenoxy) is 7. The third-order valence-electron chi connectivity index (χ3n) is 9.34. The van der Waals surface area contributed by atoms with Gasteiger partial charge in [0.25, 0.3) is 5.88 Å². The van der Waals surface area contributed by atoms with Crippen LogP contribution in [0, 0.1) is 0 Å². The standard InChI is InChI=1S/C37H52ClN9O7/c1-28(24-46-27-39-26-42-46)54-35-21-29(3-8-33(35)38)30-22-40-37(41-23-30)43-34-25-47(32-6-4-31(5-7-32)45-9-11-49-12-10-45)44-36(34)53-20-19-52-18-17-51-16-15-50-14-13-48-2/h3,8,21-23,25-28,31-32H,4-7,9-20,24H2,1-2H3,(H,40,41,43)/t28-,31?,32?/m0/s1. The maximum Gasteiger partial charge on any atom is 0.257 e. The first-order chi connectivity index (χ1) is 26.6. The van der Waals surface area contributed by atoms with Gasteiger partial charge in [-0.1, -0.05) is 17.7 Å². The Labute approximate surface area is 321 Å². The van der Waals surface area contributed by atoms with Gasteiger partial charge in [0.1, 0.15) is 36.8 Å². The number of halogens is 1. The third-order valence-corrected chi connectivity index (χ3v) is 9.66. The first-order valence-corrected chi connectivity index (χ1v) is 19.1. The van der Waals surface area contributed by atoms with E-state index < -0.39 is 0 Å². The van der Waals surface area contributed by atoms with Crippen LogP contribution in [0.1, 0.15) is 38.6 Å². The second-order valence-electron chi connectivity index (χ2n) is 13.2. The molecule has 54 heavy (non-hydrogen) atoms. The highest BCUT2D eigenvalue weighted by atomic mass is 35.5. The summed E-state index contributed by atoms with van der Waals surface area (Å²) in [5, 5.41) is 12.9. The second kappa shape index (κ2) is 21.3. The Kier molecular flexibility index (Phi) is 15.7. The SMILES string of the molecule is COCCOCCOCCOCCOc1nn(C2CCC(N3CCOCC3)CC2)cc1Nc1ncc(-c2ccc(Cl)c(O[C@@H](C)Cn3cncn3)c2)cn1. The normalized spacial score (nSPS) is 18.4. The lowest BCUT2D eigenvalue weighted by Gasteiger charge is -2.38. The average Bonchev–Trinajstić information content (AvgIpc) is 3.87. The van der Waals surface area contributed by atoms with Gasteiger partial charge in [0.2, 0.25) is 5.95 Å². The fraction of sp³-hybridized carbons (Fsp3) is 0.595. The molecule has 2 fully saturated rings. The summed E-state index contributed by atoms with van der Waals surface area (Å²) in [5.74, 6) is 1.47. The molecule has 1 aliphatic carbocycles. The van der Waals surface area contributed by atoms with Crippen LogP contribution >= 0.6 is 11.6 Å². The van der Waals surface area contributed by atoms with Crippen molar-refractivity contribution >= 4 is 23.2 Å². The van der Waals surface area contributed by atoms with Gasteiger partial charge in [-0.25, -0.2) is 19.6 Å². The van der Waals surface area contributed by atoms with Crippen molar-refractivity contribution < 1.29 is 33.2 Å². The summed E-state index contributed by atoms with van der Waals surface area (Å²) in [6.45, 7) is 9.96. The Balaban J connectivity index is 1.05. The van der Waals surface area contributed by atoms with Crippen LogP contribution in [-0.2, 0) is 30.2 Å². The van der Waals surface area contributed by atoms with E-state index in [2.05, 4.69) is 30.3 Å². The van der Waals surface area contributed by atoms with E-state index in [4.69, 9.17) is 49.9 Å². The molecule has 2 aliphatic rings. The van der Waals surface area contributed by atoms with Gasteiger partial charge in [0, 0.05) is 44.2 Å². The van der Waals surface area contributed by atoms with E-state index in [1.54, 1.807) is 30.5 Å². The number of morpholine rings is 1. The Bertz CT molecular complexity index is 1650. The number of anilines is 2. The monoisotopic (exact) mass is 769 g/mol. The van der Waals surface area contributed by atoms with Crippen molar-refractivity contribution in [3.63, 3.8) is 0 Å². The Morgan fingerprint density at radius 1 is 0.889 bits per heavy atom. The predicted molar refractivity (Wildman–Crippen MR) is 202 cm³/mol. The smallest absolute Gasteiger partial charge is 0.257 e. The molecule has 0 unspecified atom stereocenters. The number of nitrogens with zero attached hydrogens (tertiary/aromatic N) is 8. The zero-order valence-corrected chi connectivity index (χ0v) is 31.9. The maximum absolute atomic E-state index is 6.49. The van der Waals surface area contributed by atoms with E-state index in [1.807, 2.05) is 36.0 Å². The Hall–Kier alpha value is -3.90. The summed E-state index contributed by atoms with van der Waals surface area (Å²) < 4.78 is 43.3. The first-order valence-electron chi connectivity index (χ1n) is 18.7. The van der Waals surface area contributed by atoms with Crippen molar-refractivity contribution in [2.24, 2.45) is 0 Å². The highest BCUT2D eigenvalue weighted by molar-refractivity contribution is 6.32. The molecule has 1 aromatic carbocycles. The fourth-order valence-corrected chi connectivity index (χ4v) is 6.71. The van der Waals surface area contributed by atoms with Crippen LogP contribution < -0.4 is 14.8 Å². The highest BCUT2D eigenvalue weighted by Crippen LogP contribution is 2.35. The lowest BCUT2D eigenvalue weighted by Crippen LogP contribution is -2.45. The largest absolute Gasteiger partial charge is 0.487 e. The molecule has 4 aromatic rings. The number of benzene rings is 1. The molecule has 0 spiro atoms. The molecular formula is C37H52ClN9O7. The molecule has 17 heteroatoms. The number of aromatic nitrogens is 7. The Morgan fingerprint density at radius 3 is 2.26 bits per heavy atom. The van der Waals surface area contributed by atoms with Crippen molar-refractivity contribution in [2.45, 2.75) is 57.3 Å². The van der Waals surface area contributed by atoms with Crippen molar-refractivity contribution in [3.05, 3.63) is 54.5 Å². The number of hydrogen-bond acceptors (Lipinski definition) is 14. The van der Waals surface area contributed by atoms with Gasteiger partial charge in [-0.3, -0.25) is 9.58 Å². The number of hydrogen-bond donors (Lipinski definition) is 1. The van der Waals surface area contributed by atoms with Crippen LogP contribution in [0.2, 0.25) is 5.02 Å². The molecule has 0 radical (unpaired) electrons. The molecule has 1 atom stereocenters. The molecule has 4 heterocycles. The van der Waals surface area contributed by atoms with Gasteiger partial charge in [-0.2, -0.15) is 5.10 Å². The van der Waals surface area contributed by atoms with Gasteiger partial charge >= 0.3 is 0 Å². The molecule has 1 aliphatic heterocycles. The van der Waals surface area contributed by atoms with Crippen LogP contribution in [0.25, 0.3) is 11.1 Å². The maximum atomic E-state index is 6.49. The molecule has 0 amide bonds. The summed E-state index contributed by atoms with van der Waals surface area (Å²) in [6, 6.07) is 6.49. The topological polar surface area (TPSA) is 154 Å². The lowest BCUT2D eigenvalue weighted by atomic mass is 9.90. The molecule has 294 valence electrons. The predicted octanol–water partition coefficient (Wildman–Crippen LogP) is 4.69. The van der Waals surface area contributed by atoms with Gasteiger partial charge in [0.05, 0.1) is 83.3 Å². The van der Waals surface area contributed by atoms with Gasteiger partial charge in [-0.15, -0.1) is 5.10 Å². The molecule has 1 saturated carbocycles. The summed E-state index contributed by atoms with van der Waals surface area (Å²) in [5.41, 5.74) is 2.38. The van der Waals surface area contributed by atoms with Crippen molar-refractivity contribution in [2.75, 3.05) is 91.6 Å². The zero-order chi connectivity index (χ0) is 37.4. The summed E-state index contributed by atoms with van der Waals surface area (Å²) in [4.78, 5) is 15.8.